The number of phosphoric acid groups is 1. The Morgan fingerprint density at radius 1 is 1.18 bits per heavy atom. The van der Waals surface area contributed by atoms with Gasteiger partial charge in [-0.1, -0.05) is 0 Å². The lowest BCUT2D eigenvalue weighted by molar-refractivity contribution is -0.0564. The molecular formula is C20H26N7O10P. The van der Waals surface area contributed by atoms with Crippen LogP contribution in [0.3, 0.4) is 0 Å². The molecule has 6 N–H and O–H groups in total. The molecule has 2 aliphatic rings. The normalized spacial score (nSPS) is 29.2. The van der Waals surface area contributed by atoms with Crippen LogP contribution in [0.1, 0.15) is 30.9 Å². The van der Waals surface area contributed by atoms with Crippen molar-refractivity contribution in [1.29, 1.82) is 0 Å². The minimum Gasteiger partial charge on any atom is -0.394 e. The van der Waals surface area contributed by atoms with Gasteiger partial charge in [-0.2, -0.15) is 0 Å². The lowest BCUT2D eigenvalue weighted by Crippen LogP contribution is -2.33. The molecule has 0 radical (unpaired) electrons. The summed E-state index contributed by atoms with van der Waals surface area (Å²) in [6.45, 7) is 0.436. The van der Waals surface area contributed by atoms with E-state index in [-0.39, 0.29) is 24.2 Å². The van der Waals surface area contributed by atoms with Crippen LogP contribution in [-0.4, -0.2) is 81.8 Å². The maximum atomic E-state index is 12.7. The third-order valence-electron chi connectivity index (χ3n) is 6.39. The maximum absolute atomic E-state index is 12.7. The number of anilines is 1. The van der Waals surface area contributed by atoms with Crippen LogP contribution in [0.4, 0.5) is 5.82 Å². The molecule has 18 heteroatoms. The highest BCUT2D eigenvalue weighted by molar-refractivity contribution is 7.47. The van der Waals surface area contributed by atoms with E-state index in [1.165, 1.54) is 25.8 Å². The molecule has 5 heterocycles. The summed E-state index contributed by atoms with van der Waals surface area (Å²) in [5.74, 6) is 0.186. The fraction of sp³-hybridized carbons (Fsp3) is 0.550. The summed E-state index contributed by atoms with van der Waals surface area (Å²) in [6, 6.07) is 0. The van der Waals surface area contributed by atoms with Crippen molar-refractivity contribution < 1.29 is 38.2 Å². The Morgan fingerprint density at radius 2 is 1.92 bits per heavy atom. The molecule has 2 aliphatic heterocycles. The zero-order chi connectivity index (χ0) is 27.2. The molecule has 2 fully saturated rings. The molecule has 0 spiro atoms. The van der Waals surface area contributed by atoms with Gasteiger partial charge in [-0.05, 0) is 6.92 Å². The minimum absolute atomic E-state index is 0.0894. The highest BCUT2D eigenvalue weighted by Crippen LogP contribution is 2.49. The van der Waals surface area contributed by atoms with E-state index >= 15 is 0 Å². The number of imidazole rings is 1. The third-order valence-corrected chi connectivity index (χ3v) is 7.40. The number of phosphoric ester groups is 1. The predicted octanol–water partition coefficient (Wildman–Crippen LogP) is -1.30. The van der Waals surface area contributed by atoms with Crippen LogP contribution in [0.2, 0.25) is 0 Å². The van der Waals surface area contributed by atoms with Gasteiger partial charge in [-0.3, -0.25) is 28.0 Å². The van der Waals surface area contributed by atoms with Crippen molar-refractivity contribution in [1.82, 2.24) is 29.1 Å². The molecule has 0 amide bonds. The van der Waals surface area contributed by atoms with E-state index < -0.39 is 69.2 Å². The number of nitrogens with zero attached hydrogens (tertiary/aromatic N) is 5. The lowest BCUT2D eigenvalue weighted by Gasteiger charge is -2.21. The lowest BCUT2D eigenvalue weighted by atomic mass is 10.2. The topological polar surface area (TPSA) is 239 Å². The largest absolute Gasteiger partial charge is 0.472 e. The van der Waals surface area contributed by atoms with E-state index in [2.05, 4.69) is 19.9 Å². The van der Waals surface area contributed by atoms with Crippen LogP contribution in [0.5, 0.6) is 0 Å². The standard InChI is InChI=1S/C20H26N7O10P/c1-9-4-26(20(31)25-19(9)30)15-3-11(12(5-28)35-15)37-38(32,33)34-6-13-10(29)2-14(36-13)27-8-24-16-17(21)22-7-23-18(16)27/h4,7-8,10-15,28-29H,2-3,5-6H2,1H3,(H,32,33)(H2,21,22,23)(H,25,30,31)/t10-,11-,12+,13+,14+,15+/m0/s1. The second kappa shape index (κ2) is 10.3. The quantitative estimate of drug-likeness (QED) is 0.203. The SMILES string of the molecule is Cc1cn([C@H]2C[C@H](OP(=O)(O)OC[C@H]3O[C@@H](n4cnc5c(N)ncnc54)C[C@@H]3O)[C@@H](CO)O2)c(=O)[nH]c1=O. The number of nitrogen functional groups attached to an aromatic ring is 1. The molecule has 206 valence electrons. The number of hydrogen-bond donors (Lipinski definition) is 5. The minimum atomic E-state index is -4.73. The molecule has 38 heavy (non-hydrogen) atoms. The average molecular weight is 555 g/mol. The molecule has 2 saturated heterocycles. The molecule has 7 atom stereocenters. The first-order chi connectivity index (χ1) is 18.1. The van der Waals surface area contributed by atoms with Crippen molar-refractivity contribution >= 4 is 24.8 Å². The first-order valence-electron chi connectivity index (χ1n) is 11.6. The number of rotatable bonds is 8. The summed E-state index contributed by atoms with van der Waals surface area (Å²) in [5.41, 5.74) is 5.52. The van der Waals surface area contributed by atoms with Gasteiger partial charge in [0, 0.05) is 24.6 Å². The number of hydrogen-bond acceptors (Lipinski definition) is 13. The highest BCUT2D eigenvalue weighted by Gasteiger charge is 2.43. The third kappa shape index (κ3) is 5.14. The van der Waals surface area contributed by atoms with Crippen LogP contribution in [0.15, 0.2) is 28.4 Å². The molecule has 1 unspecified atom stereocenters. The fourth-order valence-corrected chi connectivity index (χ4v) is 5.39. The maximum Gasteiger partial charge on any atom is 0.472 e. The number of nitrogens with two attached hydrogens (primary N) is 1. The Balaban J connectivity index is 1.22. The van der Waals surface area contributed by atoms with Crippen LogP contribution in [0, 0.1) is 6.92 Å². The van der Waals surface area contributed by atoms with Gasteiger partial charge in [0.15, 0.2) is 11.5 Å². The number of aryl methyl sites for hydroxylation is 1. The monoisotopic (exact) mass is 555 g/mol. The molecular weight excluding hydrogens is 529 g/mol. The Labute approximate surface area is 213 Å². The number of aromatic amines is 1. The zero-order valence-electron chi connectivity index (χ0n) is 20.0. The average Bonchev–Trinajstić information content (AvgIpc) is 3.57. The van der Waals surface area contributed by atoms with Crippen molar-refractivity contribution in [2.24, 2.45) is 0 Å². The van der Waals surface area contributed by atoms with E-state index in [0.717, 1.165) is 4.57 Å². The summed E-state index contributed by atoms with van der Waals surface area (Å²) < 4.78 is 37.1. The number of ether oxygens (including phenoxy) is 2. The van der Waals surface area contributed by atoms with Gasteiger partial charge in [-0.25, -0.2) is 24.3 Å². The molecule has 5 rings (SSSR count). The molecule has 0 aliphatic carbocycles. The second-order valence-electron chi connectivity index (χ2n) is 8.95. The van der Waals surface area contributed by atoms with Crippen molar-refractivity contribution in [3.05, 3.63) is 45.3 Å². The van der Waals surface area contributed by atoms with Gasteiger partial charge < -0.3 is 30.3 Å². The number of aromatic nitrogens is 6. The Bertz CT molecular complexity index is 1490. The Kier molecular flexibility index (Phi) is 7.19. The van der Waals surface area contributed by atoms with Gasteiger partial charge in [0.1, 0.15) is 42.6 Å². The van der Waals surface area contributed by atoms with Crippen LogP contribution < -0.4 is 17.0 Å². The van der Waals surface area contributed by atoms with E-state index in [4.69, 9.17) is 24.3 Å². The molecule has 17 nitrogen and oxygen atoms in total. The van der Waals surface area contributed by atoms with Gasteiger partial charge in [0.05, 0.1) is 25.6 Å². The number of aliphatic hydroxyl groups is 2. The Morgan fingerprint density at radius 3 is 2.68 bits per heavy atom. The first kappa shape index (κ1) is 26.6. The first-order valence-corrected chi connectivity index (χ1v) is 13.1. The molecule has 0 bridgehead atoms. The van der Waals surface area contributed by atoms with E-state index in [1.54, 1.807) is 4.57 Å². The summed E-state index contributed by atoms with van der Waals surface area (Å²) >= 11 is 0. The zero-order valence-corrected chi connectivity index (χ0v) is 20.9. The van der Waals surface area contributed by atoms with Gasteiger partial charge >= 0.3 is 13.5 Å². The van der Waals surface area contributed by atoms with Gasteiger partial charge in [0.25, 0.3) is 5.56 Å². The van der Waals surface area contributed by atoms with E-state index in [1.807, 2.05) is 0 Å². The van der Waals surface area contributed by atoms with Crippen LogP contribution in [-0.2, 0) is 23.1 Å². The van der Waals surface area contributed by atoms with Crippen molar-refractivity contribution in [3.63, 3.8) is 0 Å². The van der Waals surface area contributed by atoms with Crippen LogP contribution in [0.25, 0.3) is 11.2 Å². The van der Waals surface area contributed by atoms with E-state index in [0.29, 0.717) is 11.2 Å². The molecule has 0 saturated carbocycles. The van der Waals surface area contributed by atoms with Gasteiger partial charge in [-0.15, -0.1) is 0 Å². The molecule has 3 aromatic heterocycles. The van der Waals surface area contributed by atoms with Crippen molar-refractivity contribution in [2.75, 3.05) is 18.9 Å². The highest BCUT2D eigenvalue weighted by atomic mass is 31.2. The number of aliphatic hydroxyl groups excluding tert-OH is 2. The van der Waals surface area contributed by atoms with E-state index in [9.17, 15) is 29.3 Å². The second-order valence-corrected chi connectivity index (χ2v) is 10.4. The van der Waals surface area contributed by atoms with Gasteiger partial charge in [0.2, 0.25) is 0 Å². The smallest absolute Gasteiger partial charge is 0.394 e. The summed E-state index contributed by atoms with van der Waals surface area (Å²) in [5, 5.41) is 20.1. The Hall–Kier alpha value is -3.02. The number of nitrogens with one attached hydrogen (secondary N) is 1. The molecule has 0 aromatic carbocycles. The predicted molar refractivity (Wildman–Crippen MR) is 127 cm³/mol. The van der Waals surface area contributed by atoms with Crippen LogP contribution >= 0.6 is 7.82 Å². The number of H-pyrrole nitrogens is 1. The molecule has 3 aromatic rings. The number of fused-ring (bicyclic) bond motifs is 1. The summed E-state index contributed by atoms with van der Waals surface area (Å²) in [4.78, 5) is 48.5. The summed E-state index contributed by atoms with van der Waals surface area (Å²) in [6.07, 6.45) is -1.83. The fourth-order valence-electron chi connectivity index (χ4n) is 4.43. The summed E-state index contributed by atoms with van der Waals surface area (Å²) in [7, 11) is -4.73. The van der Waals surface area contributed by atoms with Crippen molar-refractivity contribution in [3.8, 4) is 0 Å². The van der Waals surface area contributed by atoms with Crippen molar-refractivity contribution in [2.45, 2.75) is 56.6 Å².